The number of hydrogen-bond donors (Lipinski definition) is 1. The predicted molar refractivity (Wildman–Crippen MR) is 103 cm³/mol. The zero-order chi connectivity index (χ0) is 20.6. The van der Waals surface area contributed by atoms with Crippen molar-refractivity contribution in [2.45, 2.75) is 24.3 Å². The number of rotatable bonds is 5. The molecule has 0 unspecified atom stereocenters. The van der Waals surface area contributed by atoms with Crippen molar-refractivity contribution in [1.29, 1.82) is 0 Å². The van der Waals surface area contributed by atoms with Gasteiger partial charge in [0.05, 0.1) is 11.6 Å². The summed E-state index contributed by atoms with van der Waals surface area (Å²) in [5.41, 5.74) is 0.970. The number of carbonyl (C=O) groups is 2. The van der Waals surface area contributed by atoms with Crippen LogP contribution in [-0.2, 0) is 14.8 Å². The van der Waals surface area contributed by atoms with Crippen LogP contribution >= 0.6 is 0 Å². The molecule has 0 saturated heterocycles. The molecular weight excluding hydrogens is 396 g/mol. The number of fused-ring (bicyclic) bond motifs is 2. The van der Waals surface area contributed by atoms with E-state index in [2.05, 4.69) is 5.32 Å². The fourth-order valence-electron chi connectivity index (χ4n) is 3.38. The van der Waals surface area contributed by atoms with Crippen LogP contribution in [0, 0.1) is 0 Å². The van der Waals surface area contributed by atoms with Crippen LogP contribution in [0.15, 0.2) is 47.4 Å². The average molecular weight is 416 g/mol. The molecule has 0 aromatic heterocycles. The molecule has 29 heavy (non-hydrogen) atoms. The zero-order valence-corrected chi connectivity index (χ0v) is 16.6. The summed E-state index contributed by atoms with van der Waals surface area (Å²) in [6.45, 7) is 2.57. The third-order valence-electron chi connectivity index (χ3n) is 4.90. The number of ether oxygens (including phenoxy) is 2. The Bertz CT molecular complexity index is 1080. The monoisotopic (exact) mass is 416 g/mol. The summed E-state index contributed by atoms with van der Waals surface area (Å²) in [4.78, 5) is 24.7. The van der Waals surface area contributed by atoms with Gasteiger partial charge in [0.25, 0.3) is 15.9 Å². The van der Waals surface area contributed by atoms with Crippen LogP contribution in [0.1, 0.15) is 35.3 Å². The van der Waals surface area contributed by atoms with Gasteiger partial charge < -0.3 is 14.8 Å². The Morgan fingerprint density at radius 2 is 1.86 bits per heavy atom. The van der Waals surface area contributed by atoms with Crippen LogP contribution in [0.3, 0.4) is 0 Å². The lowest BCUT2D eigenvalue weighted by Crippen LogP contribution is -2.35. The summed E-state index contributed by atoms with van der Waals surface area (Å²) in [5.74, 6) is 0.330. The molecule has 152 valence electrons. The Labute approximate surface area is 168 Å². The minimum Gasteiger partial charge on any atom is -0.486 e. The molecule has 0 aliphatic carbocycles. The minimum absolute atomic E-state index is 0.0185. The lowest BCUT2D eigenvalue weighted by atomic mass is 10.1. The maximum atomic E-state index is 12.5. The van der Waals surface area contributed by atoms with Gasteiger partial charge in [-0.25, -0.2) is 12.7 Å². The SMILES string of the molecule is C[C@H](NC(=O)CCN1C(=O)c2ccccc2S1(=O)=O)c1ccc2c(c1)OCCO2. The molecule has 0 saturated carbocycles. The Morgan fingerprint density at radius 3 is 2.62 bits per heavy atom. The third-order valence-corrected chi connectivity index (χ3v) is 6.74. The smallest absolute Gasteiger partial charge is 0.269 e. The average Bonchev–Trinajstić information content (AvgIpc) is 2.92. The maximum absolute atomic E-state index is 12.5. The maximum Gasteiger partial charge on any atom is 0.269 e. The highest BCUT2D eigenvalue weighted by Gasteiger charge is 2.40. The topological polar surface area (TPSA) is 102 Å². The molecule has 0 radical (unpaired) electrons. The van der Waals surface area contributed by atoms with E-state index in [1.54, 1.807) is 18.2 Å². The first-order valence-corrected chi connectivity index (χ1v) is 10.7. The number of nitrogens with one attached hydrogen (secondary N) is 1. The van der Waals surface area contributed by atoms with Crippen LogP contribution in [0.5, 0.6) is 11.5 Å². The van der Waals surface area contributed by atoms with E-state index < -0.39 is 15.9 Å². The molecule has 9 heteroatoms. The molecule has 2 aliphatic rings. The summed E-state index contributed by atoms with van der Waals surface area (Å²) in [6.07, 6.45) is -0.131. The van der Waals surface area contributed by atoms with Crippen molar-refractivity contribution in [3.8, 4) is 11.5 Å². The Balaban J connectivity index is 1.39. The highest BCUT2D eigenvalue weighted by molar-refractivity contribution is 7.90. The Morgan fingerprint density at radius 1 is 1.14 bits per heavy atom. The zero-order valence-electron chi connectivity index (χ0n) is 15.8. The fourth-order valence-corrected chi connectivity index (χ4v) is 4.95. The molecule has 2 heterocycles. The first kappa shape index (κ1) is 19.3. The second-order valence-corrected chi connectivity index (χ2v) is 8.65. The molecule has 1 atom stereocenters. The molecular formula is C20H20N2O6S. The van der Waals surface area contributed by atoms with E-state index in [9.17, 15) is 18.0 Å². The highest BCUT2D eigenvalue weighted by atomic mass is 32.2. The molecule has 0 bridgehead atoms. The van der Waals surface area contributed by atoms with Gasteiger partial charge in [0.1, 0.15) is 18.1 Å². The van der Waals surface area contributed by atoms with Gasteiger partial charge in [0.2, 0.25) is 5.91 Å². The summed E-state index contributed by atoms with van der Waals surface area (Å²) in [7, 11) is -3.91. The number of nitrogens with zero attached hydrogens (tertiary/aromatic N) is 1. The van der Waals surface area contributed by atoms with Crippen molar-refractivity contribution in [3.05, 3.63) is 53.6 Å². The second-order valence-electron chi connectivity index (χ2n) is 6.82. The predicted octanol–water partition coefficient (Wildman–Crippen LogP) is 1.87. The van der Waals surface area contributed by atoms with Gasteiger partial charge in [-0.2, -0.15) is 0 Å². The number of hydrogen-bond acceptors (Lipinski definition) is 6. The van der Waals surface area contributed by atoms with Gasteiger partial charge >= 0.3 is 0 Å². The molecule has 2 aliphatic heterocycles. The summed E-state index contributed by atoms with van der Waals surface area (Å²) in [5, 5.41) is 2.82. The van der Waals surface area contributed by atoms with E-state index in [-0.39, 0.29) is 35.4 Å². The van der Waals surface area contributed by atoms with Gasteiger partial charge in [-0.3, -0.25) is 9.59 Å². The van der Waals surface area contributed by atoms with E-state index in [1.807, 2.05) is 19.1 Å². The molecule has 0 spiro atoms. The Kier molecular flexibility index (Phi) is 4.91. The van der Waals surface area contributed by atoms with Gasteiger partial charge in [-0.05, 0) is 36.8 Å². The molecule has 4 rings (SSSR count). The molecule has 2 aromatic carbocycles. The summed E-state index contributed by atoms with van der Waals surface area (Å²) >= 11 is 0. The van der Waals surface area contributed by atoms with E-state index in [4.69, 9.17) is 9.47 Å². The van der Waals surface area contributed by atoms with Gasteiger partial charge in [0, 0.05) is 13.0 Å². The molecule has 2 aromatic rings. The lowest BCUT2D eigenvalue weighted by molar-refractivity contribution is -0.121. The van der Waals surface area contributed by atoms with E-state index in [0.717, 1.165) is 9.87 Å². The lowest BCUT2D eigenvalue weighted by Gasteiger charge is -2.21. The number of amides is 2. The van der Waals surface area contributed by atoms with Gasteiger partial charge in [0.15, 0.2) is 11.5 Å². The van der Waals surface area contributed by atoms with Crippen molar-refractivity contribution in [1.82, 2.24) is 9.62 Å². The number of carbonyl (C=O) groups excluding carboxylic acids is 2. The van der Waals surface area contributed by atoms with Crippen molar-refractivity contribution in [3.63, 3.8) is 0 Å². The first-order chi connectivity index (χ1) is 13.9. The normalized spacial score (nSPS) is 17.6. The molecule has 8 nitrogen and oxygen atoms in total. The fraction of sp³-hybridized carbons (Fsp3) is 0.300. The van der Waals surface area contributed by atoms with Crippen LogP contribution in [0.25, 0.3) is 0 Å². The van der Waals surface area contributed by atoms with Crippen LogP contribution < -0.4 is 14.8 Å². The molecule has 1 N–H and O–H groups in total. The van der Waals surface area contributed by atoms with Crippen molar-refractivity contribution in [2.24, 2.45) is 0 Å². The first-order valence-electron chi connectivity index (χ1n) is 9.23. The van der Waals surface area contributed by atoms with Gasteiger partial charge in [-0.1, -0.05) is 18.2 Å². The van der Waals surface area contributed by atoms with E-state index in [0.29, 0.717) is 24.7 Å². The van der Waals surface area contributed by atoms with Gasteiger partial charge in [-0.15, -0.1) is 0 Å². The third kappa shape index (κ3) is 3.53. The van der Waals surface area contributed by atoms with Crippen molar-refractivity contribution in [2.75, 3.05) is 19.8 Å². The van der Waals surface area contributed by atoms with Crippen LogP contribution in [0.4, 0.5) is 0 Å². The van der Waals surface area contributed by atoms with Crippen LogP contribution in [0.2, 0.25) is 0 Å². The molecule has 0 fully saturated rings. The summed E-state index contributed by atoms with van der Waals surface area (Å²) < 4.78 is 36.9. The summed E-state index contributed by atoms with van der Waals surface area (Å²) in [6, 6.07) is 11.2. The van der Waals surface area contributed by atoms with E-state index in [1.165, 1.54) is 12.1 Å². The quantitative estimate of drug-likeness (QED) is 0.798. The van der Waals surface area contributed by atoms with Crippen molar-refractivity contribution >= 4 is 21.8 Å². The second kappa shape index (κ2) is 7.40. The van der Waals surface area contributed by atoms with E-state index >= 15 is 0 Å². The number of benzene rings is 2. The highest BCUT2D eigenvalue weighted by Crippen LogP contribution is 2.33. The van der Waals surface area contributed by atoms with Crippen LogP contribution in [-0.4, -0.2) is 44.3 Å². The molecule has 2 amide bonds. The van der Waals surface area contributed by atoms with Crippen molar-refractivity contribution < 1.29 is 27.5 Å². The minimum atomic E-state index is -3.91. The standard InChI is InChI=1S/C20H20N2O6S/c1-13(14-6-7-16-17(12-14)28-11-10-27-16)21-19(23)8-9-22-20(24)15-4-2-3-5-18(15)29(22,25)26/h2-7,12-13H,8-11H2,1H3,(H,21,23)/t13-/m0/s1. The Hall–Kier alpha value is -3.07. The number of sulfonamides is 1. The largest absolute Gasteiger partial charge is 0.486 e.